The van der Waals surface area contributed by atoms with Gasteiger partial charge in [0.15, 0.2) is 0 Å². The first-order chi connectivity index (χ1) is 7.27. The van der Waals surface area contributed by atoms with Crippen LogP contribution in [0.1, 0.15) is 26.3 Å². The van der Waals surface area contributed by atoms with E-state index in [1.807, 2.05) is 26.8 Å². The van der Waals surface area contributed by atoms with Crippen LogP contribution in [-0.2, 0) is 9.80 Å². The van der Waals surface area contributed by atoms with E-state index in [4.69, 9.17) is 21.4 Å². The van der Waals surface area contributed by atoms with E-state index in [-0.39, 0.29) is 0 Å². The minimum Gasteiger partial charge on any atom is -0.450 e. The second kappa shape index (κ2) is 4.34. The summed E-state index contributed by atoms with van der Waals surface area (Å²) >= 11 is 6.33. The zero-order valence-corrected chi connectivity index (χ0v) is 10.3. The number of carbonyl (C=O) groups is 1. The van der Waals surface area contributed by atoms with Gasteiger partial charge in [0.25, 0.3) is 0 Å². The van der Waals surface area contributed by atoms with Gasteiger partial charge in [-0.3, -0.25) is 0 Å². The quantitative estimate of drug-likeness (QED) is 0.634. The maximum atomic E-state index is 10.7. The fourth-order valence-corrected chi connectivity index (χ4v) is 1.61. The van der Waals surface area contributed by atoms with Gasteiger partial charge in [-0.1, -0.05) is 62.7 Å². The molecule has 0 fully saturated rings. The second-order valence-electron chi connectivity index (χ2n) is 4.58. The van der Waals surface area contributed by atoms with E-state index < -0.39 is 16.6 Å². The van der Waals surface area contributed by atoms with Gasteiger partial charge in [-0.25, -0.2) is 4.79 Å². The third kappa shape index (κ3) is 2.47. The molecule has 1 aromatic rings. The molecule has 0 bridgehead atoms. The highest BCUT2D eigenvalue weighted by atomic mass is 35.5. The average molecular weight is 243 g/mol. The van der Waals surface area contributed by atoms with Crippen molar-refractivity contribution in [2.75, 3.05) is 0 Å². The first kappa shape index (κ1) is 12.8. The molecule has 0 saturated heterocycles. The standard InChI is InChI=1S/C12H15ClO3/c1-11(2,3)12(13,16-10(14)15)9-7-5-4-6-8-9/h4-8H,1-3H3,(H,14,15). The zero-order valence-electron chi connectivity index (χ0n) is 9.53. The lowest BCUT2D eigenvalue weighted by Crippen LogP contribution is -2.39. The summed E-state index contributed by atoms with van der Waals surface area (Å²) in [6.45, 7) is 5.49. The van der Waals surface area contributed by atoms with Crippen molar-refractivity contribution in [3.8, 4) is 0 Å². The van der Waals surface area contributed by atoms with Gasteiger partial charge >= 0.3 is 6.16 Å². The van der Waals surface area contributed by atoms with Crippen molar-refractivity contribution in [3.63, 3.8) is 0 Å². The van der Waals surface area contributed by atoms with Crippen molar-refractivity contribution in [3.05, 3.63) is 35.9 Å². The summed E-state index contributed by atoms with van der Waals surface area (Å²) in [4.78, 5) is 10.7. The number of benzene rings is 1. The summed E-state index contributed by atoms with van der Waals surface area (Å²) in [6.07, 6.45) is -1.38. The summed E-state index contributed by atoms with van der Waals surface area (Å²) in [6, 6.07) is 8.93. The second-order valence-corrected chi connectivity index (χ2v) is 5.11. The van der Waals surface area contributed by atoms with Gasteiger partial charge in [-0.2, -0.15) is 0 Å². The molecular formula is C12H15ClO3. The Labute approximate surface area is 100.0 Å². The Morgan fingerprint density at radius 2 is 1.75 bits per heavy atom. The van der Waals surface area contributed by atoms with Crippen LogP contribution in [0.15, 0.2) is 30.3 Å². The first-order valence-corrected chi connectivity index (χ1v) is 5.31. The molecule has 1 aromatic carbocycles. The number of alkyl halides is 1. The molecule has 1 unspecified atom stereocenters. The Kier molecular flexibility index (Phi) is 3.48. The monoisotopic (exact) mass is 242 g/mol. The first-order valence-electron chi connectivity index (χ1n) is 4.94. The SMILES string of the molecule is CC(C)(C)C(Cl)(OC(=O)O)c1ccccc1. The van der Waals surface area contributed by atoms with Crippen LogP contribution >= 0.6 is 11.6 Å². The number of rotatable bonds is 2. The smallest absolute Gasteiger partial charge is 0.450 e. The minimum absolute atomic E-state index is 0.547. The van der Waals surface area contributed by atoms with Crippen molar-refractivity contribution >= 4 is 17.8 Å². The Morgan fingerprint density at radius 1 is 1.25 bits per heavy atom. The van der Waals surface area contributed by atoms with Gasteiger partial charge in [0.2, 0.25) is 5.06 Å². The predicted molar refractivity (Wildman–Crippen MR) is 62.5 cm³/mol. The lowest BCUT2D eigenvalue weighted by molar-refractivity contribution is -0.0320. The lowest BCUT2D eigenvalue weighted by Gasteiger charge is -2.37. The normalized spacial score (nSPS) is 15.2. The Balaban J connectivity index is 3.21. The summed E-state index contributed by atoms with van der Waals surface area (Å²) < 4.78 is 4.87. The third-order valence-corrected chi connectivity index (χ3v) is 3.20. The van der Waals surface area contributed by atoms with Crippen molar-refractivity contribution in [2.24, 2.45) is 5.41 Å². The molecule has 0 aromatic heterocycles. The Bertz CT molecular complexity index is 370. The van der Waals surface area contributed by atoms with Crippen LogP contribution in [0, 0.1) is 5.41 Å². The van der Waals surface area contributed by atoms with Crippen LogP contribution < -0.4 is 0 Å². The molecule has 16 heavy (non-hydrogen) atoms. The van der Waals surface area contributed by atoms with E-state index in [1.165, 1.54) is 0 Å². The van der Waals surface area contributed by atoms with Crippen LogP contribution in [-0.4, -0.2) is 11.3 Å². The third-order valence-electron chi connectivity index (χ3n) is 2.34. The van der Waals surface area contributed by atoms with Gasteiger partial charge < -0.3 is 9.84 Å². The Morgan fingerprint density at radius 3 is 2.12 bits per heavy atom. The van der Waals surface area contributed by atoms with Crippen LogP contribution in [0.25, 0.3) is 0 Å². The summed E-state index contributed by atoms with van der Waals surface area (Å²) in [7, 11) is 0. The van der Waals surface area contributed by atoms with Crippen molar-refractivity contribution in [1.29, 1.82) is 0 Å². The maximum Gasteiger partial charge on any atom is 0.507 e. The summed E-state index contributed by atoms with van der Waals surface area (Å²) in [5.41, 5.74) is 0.0838. The molecule has 1 atom stereocenters. The van der Waals surface area contributed by atoms with Crippen LogP contribution in [0.5, 0.6) is 0 Å². The molecule has 0 aliphatic rings. The molecule has 88 valence electrons. The van der Waals surface area contributed by atoms with Crippen molar-refractivity contribution in [2.45, 2.75) is 25.8 Å². The van der Waals surface area contributed by atoms with Crippen molar-refractivity contribution in [1.82, 2.24) is 0 Å². The average Bonchev–Trinajstić information content (AvgIpc) is 2.16. The summed E-state index contributed by atoms with van der Waals surface area (Å²) in [5, 5.41) is 7.39. The molecule has 3 nitrogen and oxygen atoms in total. The molecule has 0 spiro atoms. The highest BCUT2D eigenvalue weighted by Gasteiger charge is 2.45. The number of ether oxygens (including phenoxy) is 1. The lowest BCUT2D eigenvalue weighted by atomic mass is 9.84. The zero-order chi connectivity index (χ0) is 12.4. The highest BCUT2D eigenvalue weighted by molar-refractivity contribution is 6.24. The topological polar surface area (TPSA) is 46.5 Å². The van der Waals surface area contributed by atoms with E-state index in [2.05, 4.69) is 0 Å². The molecule has 0 heterocycles. The van der Waals surface area contributed by atoms with Crippen LogP contribution in [0.3, 0.4) is 0 Å². The fourth-order valence-electron chi connectivity index (χ4n) is 1.42. The van der Waals surface area contributed by atoms with E-state index in [9.17, 15) is 4.79 Å². The largest absolute Gasteiger partial charge is 0.507 e. The van der Waals surface area contributed by atoms with E-state index in [0.29, 0.717) is 5.56 Å². The van der Waals surface area contributed by atoms with Gasteiger partial charge in [0.05, 0.1) is 0 Å². The molecule has 0 saturated carbocycles. The fraction of sp³-hybridized carbons (Fsp3) is 0.417. The molecule has 4 heteroatoms. The van der Waals surface area contributed by atoms with Crippen molar-refractivity contribution < 1.29 is 14.6 Å². The van der Waals surface area contributed by atoms with E-state index in [1.54, 1.807) is 24.3 Å². The summed E-state index contributed by atoms with van der Waals surface area (Å²) in [5.74, 6) is 0. The highest BCUT2D eigenvalue weighted by Crippen LogP contribution is 2.46. The van der Waals surface area contributed by atoms with E-state index in [0.717, 1.165) is 0 Å². The maximum absolute atomic E-state index is 10.7. The minimum atomic E-state index is -1.38. The van der Waals surface area contributed by atoms with Crippen LogP contribution in [0.2, 0.25) is 0 Å². The molecule has 0 amide bonds. The molecule has 1 rings (SSSR count). The Hall–Kier alpha value is -1.22. The molecule has 1 N–H and O–H groups in total. The molecular weight excluding hydrogens is 228 g/mol. The van der Waals surface area contributed by atoms with Gasteiger partial charge in [-0.05, 0) is 0 Å². The van der Waals surface area contributed by atoms with Gasteiger partial charge in [-0.15, -0.1) is 0 Å². The number of hydrogen-bond acceptors (Lipinski definition) is 2. The number of hydrogen-bond donors (Lipinski definition) is 1. The molecule has 0 aliphatic carbocycles. The van der Waals surface area contributed by atoms with E-state index >= 15 is 0 Å². The van der Waals surface area contributed by atoms with Crippen LogP contribution in [0.4, 0.5) is 4.79 Å². The van der Waals surface area contributed by atoms with Gasteiger partial charge in [0.1, 0.15) is 0 Å². The number of halogens is 1. The predicted octanol–water partition coefficient (Wildman–Crippen LogP) is 3.82. The van der Waals surface area contributed by atoms with Gasteiger partial charge in [0, 0.05) is 11.0 Å². The molecule has 0 aliphatic heterocycles. The number of carboxylic acid groups (broad SMARTS) is 1. The molecule has 0 radical (unpaired) electrons.